The monoisotopic (exact) mass is 653 g/mol. The Labute approximate surface area is 277 Å². The first-order valence-electron chi connectivity index (χ1n) is 17.0. The van der Waals surface area contributed by atoms with Crippen molar-refractivity contribution in [3.63, 3.8) is 0 Å². The number of nitrogens with one attached hydrogen (secondary N) is 3. The Kier molecular flexibility index (Phi) is 13.2. The molecule has 1 aromatic carbocycles. The molecule has 47 heavy (non-hydrogen) atoms. The van der Waals surface area contributed by atoms with Crippen LogP contribution < -0.4 is 20.8 Å². The lowest BCUT2D eigenvalue weighted by atomic mass is 9.87. The molecule has 2 fully saturated rings. The molecular formula is C35H51N5O7. The predicted octanol–water partition coefficient (Wildman–Crippen LogP) is 2.55. The molecule has 2 aliphatic heterocycles. The van der Waals surface area contributed by atoms with Crippen LogP contribution in [0.1, 0.15) is 77.2 Å². The van der Waals surface area contributed by atoms with Crippen molar-refractivity contribution in [2.75, 3.05) is 33.9 Å². The first kappa shape index (κ1) is 35.9. The van der Waals surface area contributed by atoms with Crippen molar-refractivity contribution in [1.82, 2.24) is 25.6 Å². The maximum absolute atomic E-state index is 14.1. The molecule has 12 nitrogen and oxygen atoms in total. The van der Waals surface area contributed by atoms with Crippen LogP contribution in [0.5, 0.6) is 0 Å². The molecule has 3 N–H and O–H groups in total. The van der Waals surface area contributed by atoms with Gasteiger partial charge >= 0.3 is 5.97 Å². The largest absolute Gasteiger partial charge is 0.468 e. The van der Waals surface area contributed by atoms with E-state index in [1.54, 1.807) is 16.7 Å². The summed E-state index contributed by atoms with van der Waals surface area (Å²) in [6.07, 6.45) is 7.54. The number of carbonyl (C=O) groups excluding carboxylic acids is 5. The van der Waals surface area contributed by atoms with Gasteiger partial charge in [-0.25, -0.2) is 0 Å². The van der Waals surface area contributed by atoms with E-state index in [-0.39, 0.29) is 48.9 Å². The lowest BCUT2D eigenvalue weighted by Gasteiger charge is -2.39. The number of esters is 1. The van der Waals surface area contributed by atoms with Crippen molar-refractivity contribution in [3.05, 3.63) is 36.0 Å². The number of para-hydroxylation sites is 1. The zero-order valence-corrected chi connectivity index (χ0v) is 28.2. The number of ether oxygens (including phenoxy) is 1. The molecule has 0 radical (unpaired) electrons. The van der Waals surface area contributed by atoms with Crippen LogP contribution in [0.4, 0.5) is 0 Å². The van der Waals surface area contributed by atoms with E-state index < -0.39 is 30.0 Å². The predicted molar refractivity (Wildman–Crippen MR) is 177 cm³/mol. The number of rotatable bonds is 13. The van der Waals surface area contributed by atoms with Gasteiger partial charge in [0.15, 0.2) is 5.78 Å². The molecule has 3 heterocycles. The van der Waals surface area contributed by atoms with Crippen molar-refractivity contribution in [1.29, 1.82) is 0 Å². The number of unbranched alkanes of at least 4 members (excludes halogenated alkanes) is 2. The second kappa shape index (κ2) is 17.3. The Morgan fingerprint density at radius 2 is 1.83 bits per heavy atom. The number of methoxy groups -OCH3 is 1. The number of aromatic nitrogens is 1. The van der Waals surface area contributed by atoms with Crippen molar-refractivity contribution in [2.24, 2.45) is 11.8 Å². The van der Waals surface area contributed by atoms with Crippen molar-refractivity contribution in [2.45, 2.75) is 96.2 Å². The maximum Gasteiger partial charge on any atom is 0.319 e. The van der Waals surface area contributed by atoms with E-state index in [2.05, 4.69) is 20.7 Å². The van der Waals surface area contributed by atoms with Gasteiger partial charge in [-0.15, -0.1) is 0 Å². The minimum absolute atomic E-state index is 0.00614. The van der Waals surface area contributed by atoms with Gasteiger partial charge in [-0.1, -0.05) is 51.3 Å². The van der Waals surface area contributed by atoms with Crippen LogP contribution in [0.2, 0.25) is 0 Å². The molecule has 12 heteroatoms. The second-order valence-corrected chi connectivity index (χ2v) is 12.8. The Morgan fingerprint density at radius 1 is 1.04 bits per heavy atom. The van der Waals surface area contributed by atoms with E-state index in [0.29, 0.717) is 38.8 Å². The van der Waals surface area contributed by atoms with Crippen molar-refractivity contribution < 1.29 is 33.5 Å². The van der Waals surface area contributed by atoms with Crippen molar-refractivity contribution in [3.8, 4) is 0 Å². The van der Waals surface area contributed by atoms with Gasteiger partial charge in [-0.2, -0.15) is 4.73 Å². The van der Waals surface area contributed by atoms with E-state index in [1.165, 1.54) is 7.11 Å². The number of piperidine rings is 1. The minimum Gasteiger partial charge on any atom is -0.468 e. The zero-order chi connectivity index (χ0) is 33.9. The molecular weight excluding hydrogens is 602 g/mol. The van der Waals surface area contributed by atoms with E-state index in [1.807, 2.05) is 44.3 Å². The van der Waals surface area contributed by atoms with Gasteiger partial charge in [0.1, 0.15) is 19.2 Å². The number of benzene rings is 1. The minimum atomic E-state index is -0.977. The van der Waals surface area contributed by atoms with E-state index >= 15 is 0 Å². The third kappa shape index (κ3) is 9.12. The Morgan fingerprint density at radius 3 is 2.57 bits per heavy atom. The van der Waals surface area contributed by atoms with Crippen LogP contribution in [0.3, 0.4) is 0 Å². The summed E-state index contributed by atoms with van der Waals surface area (Å²) in [5.74, 6) is -2.26. The molecule has 2 aliphatic rings. The van der Waals surface area contributed by atoms with Gasteiger partial charge in [0.25, 0.3) is 0 Å². The summed E-state index contributed by atoms with van der Waals surface area (Å²) in [4.78, 5) is 74.6. The molecule has 5 atom stereocenters. The lowest BCUT2D eigenvalue weighted by Crippen LogP contribution is -2.61. The summed E-state index contributed by atoms with van der Waals surface area (Å²) in [5, 5.41) is 9.93. The highest BCUT2D eigenvalue weighted by atomic mass is 16.6. The smallest absolute Gasteiger partial charge is 0.319 e. The van der Waals surface area contributed by atoms with Crippen LogP contribution in [-0.4, -0.2) is 91.1 Å². The molecule has 1 aromatic heterocycles. The highest BCUT2D eigenvalue weighted by Gasteiger charge is 2.40. The van der Waals surface area contributed by atoms with Gasteiger partial charge in [0, 0.05) is 36.9 Å². The molecule has 0 bridgehead atoms. The first-order valence-corrected chi connectivity index (χ1v) is 17.0. The van der Waals surface area contributed by atoms with Crippen LogP contribution in [-0.2, 0) is 35.1 Å². The second-order valence-electron chi connectivity index (χ2n) is 12.8. The maximum atomic E-state index is 14.1. The summed E-state index contributed by atoms with van der Waals surface area (Å²) in [6, 6.07) is 5.27. The van der Waals surface area contributed by atoms with Gasteiger partial charge in [-0.3, -0.25) is 24.0 Å². The molecule has 258 valence electrons. The molecule has 2 saturated heterocycles. The number of amides is 3. The number of hydrogen-bond donors (Lipinski definition) is 3. The number of fused-ring (bicyclic) bond motifs is 2. The van der Waals surface area contributed by atoms with Crippen LogP contribution in [0, 0.1) is 11.8 Å². The number of Topliss-reactive ketones (excluding diaryl/α,β-unsaturated/α-hetero) is 1. The van der Waals surface area contributed by atoms with Crippen LogP contribution in [0.25, 0.3) is 10.9 Å². The normalized spacial score (nSPS) is 23.3. The number of hydrogen-bond acceptors (Lipinski definition) is 8. The van der Waals surface area contributed by atoms with Crippen LogP contribution in [0.15, 0.2) is 30.5 Å². The highest BCUT2D eigenvalue weighted by Crippen LogP contribution is 2.27. The summed E-state index contributed by atoms with van der Waals surface area (Å²) >= 11 is 0. The third-order valence-corrected chi connectivity index (χ3v) is 9.67. The summed E-state index contributed by atoms with van der Waals surface area (Å²) < 4.78 is 6.28. The van der Waals surface area contributed by atoms with E-state index in [0.717, 1.165) is 42.1 Å². The Bertz CT molecular complexity index is 1410. The molecule has 0 aliphatic carbocycles. The molecule has 4 rings (SSSR count). The zero-order valence-electron chi connectivity index (χ0n) is 28.2. The topological polar surface area (TPSA) is 148 Å². The third-order valence-electron chi connectivity index (χ3n) is 9.67. The van der Waals surface area contributed by atoms with Gasteiger partial charge in [0.2, 0.25) is 17.7 Å². The lowest BCUT2D eigenvalue weighted by molar-refractivity contribution is -0.147. The van der Waals surface area contributed by atoms with Gasteiger partial charge in [0.05, 0.1) is 25.2 Å². The molecule has 3 amide bonds. The van der Waals surface area contributed by atoms with Gasteiger partial charge in [-0.05, 0) is 56.2 Å². The highest BCUT2D eigenvalue weighted by molar-refractivity contribution is 5.98. The fraction of sp³-hybridized carbons (Fsp3) is 0.629. The van der Waals surface area contributed by atoms with E-state index in [9.17, 15) is 24.0 Å². The van der Waals surface area contributed by atoms with Gasteiger partial charge < -0.3 is 30.4 Å². The average molecular weight is 654 g/mol. The van der Waals surface area contributed by atoms with Crippen molar-refractivity contribution >= 4 is 40.4 Å². The number of nitrogens with zero attached hydrogens (tertiary/aromatic N) is 2. The fourth-order valence-electron chi connectivity index (χ4n) is 6.68. The standard InChI is InChI=1S/C35H51N5O7/c1-5-23(2)32-35(45)39-18-12-10-16-29(39)30(41)20-24(13-7-6-11-17-36-21-31(42)46-3)33(43)37-27(34(44)38-32)19-25-22-40(47-4)28-15-9-8-14-26(25)28/h8-9,14-15,22-24,27,29,32,36H,5-7,10-13,16-21H2,1-4H3,(H,37,43)(H,38,44)/t23?,24-,27+,29-,32+/m1/s1. The first-order chi connectivity index (χ1) is 22.7. The molecule has 0 saturated carbocycles. The quantitative estimate of drug-likeness (QED) is 0.221. The molecule has 0 spiro atoms. The molecule has 1 unspecified atom stereocenters. The SMILES string of the molecule is CCC(C)[C@@H]1NC(=O)[C@H](Cc2cn(OC)c3ccccc23)NC(=O)[C@H](CCCCCNCC(=O)OC)CC(=O)[C@H]2CCCCN2C1=O. The number of carbonyl (C=O) groups is 5. The molecule has 2 aromatic rings. The average Bonchev–Trinajstić information content (AvgIpc) is 3.45. The summed E-state index contributed by atoms with van der Waals surface area (Å²) in [5.41, 5.74) is 1.64. The fourth-order valence-corrected chi connectivity index (χ4v) is 6.68. The summed E-state index contributed by atoms with van der Waals surface area (Å²) in [7, 11) is 2.91. The Hall–Kier alpha value is -3.93. The Balaban J connectivity index is 1.60. The summed E-state index contributed by atoms with van der Waals surface area (Å²) in [6.45, 7) is 5.11. The number of ketones is 1. The van der Waals surface area contributed by atoms with E-state index in [4.69, 9.17) is 4.84 Å². The van der Waals surface area contributed by atoms with Crippen LogP contribution >= 0.6 is 0 Å².